The van der Waals surface area contributed by atoms with Gasteiger partial charge in [-0.25, -0.2) is 8.78 Å². The molecular weight excluding hydrogens is 208 g/mol. The lowest BCUT2D eigenvalue weighted by atomic mass is 9.58. The molecule has 0 aromatic heterocycles. The van der Waals surface area contributed by atoms with Crippen molar-refractivity contribution in [3.05, 3.63) is 35.4 Å². The van der Waals surface area contributed by atoms with E-state index in [0.717, 1.165) is 30.9 Å². The molecule has 2 rings (SSSR count). The third-order valence-electron chi connectivity index (χ3n) is 3.80. The Morgan fingerprint density at radius 2 is 1.81 bits per heavy atom. The second-order valence-corrected chi connectivity index (χ2v) is 4.83. The van der Waals surface area contributed by atoms with Gasteiger partial charge in [-0.15, -0.1) is 0 Å². The zero-order chi connectivity index (χ0) is 11.8. The van der Waals surface area contributed by atoms with Crippen LogP contribution in [0.4, 0.5) is 8.78 Å². The highest BCUT2D eigenvalue weighted by molar-refractivity contribution is 5.30. The van der Waals surface area contributed by atoms with Gasteiger partial charge in [0.05, 0.1) is 0 Å². The molecule has 0 atom stereocenters. The second-order valence-electron chi connectivity index (χ2n) is 4.83. The summed E-state index contributed by atoms with van der Waals surface area (Å²) in [6, 6.07) is 3.74. The van der Waals surface area contributed by atoms with Crippen molar-refractivity contribution >= 4 is 0 Å². The predicted molar refractivity (Wildman–Crippen MR) is 60.1 cm³/mol. The van der Waals surface area contributed by atoms with Gasteiger partial charge in [0.1, 0.15) is 11.6 Å². The fourth-order valence-corrected chi connectivity index (χ4v) is 2.71. The number of halogens is 2. The molecule has 2 N–H and O–H groups in total. The van der Waals surface area contributed by atoms with Crippen LogP contribution in [0.25, 0.3) is 0 Å². The summed E-state index contributed by atoms with van der Waals surface area (Å²) in [6.07, 6.45) is 3.01. The van der Waals surface area contributed by atoms with Crippen molar-refractivity contribution in [3.8, 4) is 0 Å². The van der Waals surface area contributed by atoms with E-state index in [1.54, 1.807) is 0 Å². The zero-order valence-corrected chi connectivity index (χ0v) is 9.47. The number of nitrogens with two attached hydrogens (primary N) is 1. The monoisotopic (exact) mass is 225 g/mol. The third-order valence-corrected chi connectivity index (χ3v) is 3.80. The molecular formula is C13H17F2N. The molecule has 0 spiro atoms. The van der Waals surface area contributed by atoms with Crippen molar-refractivity contribution in [2.45, 2.75) is 31.6 Å². The van der Waals surface area contributed by atoms with Crippen molar-refractivity contribution in [2.75, 3.05) is 6.54 Å². The summed E-state index contributed by atoms with van der Waals surface area (Å²) in [6.45, 7) is 2.60. The van der Waals surface area contributed by atoms with E-state index in [1.807, 2.05) is 0 Å². The van der Waals surface area contributed by atoms with Gasteiger partial charge in [-0.3, -0.25) is 0 Å². The van der Waals surface area contributed by atoms with Crippen LogP contribution in [0.3, 0.4) is 0 Å². The molecule has 0 aliphatic heterocycles. The highest BCUT2D eigenvalue weighted by Crippen LogP contribution is 2.48. The standard InChI is InChI=1S/C13H17F2N/c1-2-9-6-13(7-9,8-16)10-3-11(14)5-12(15)4-10/h3-5,9H,2,6-8,16H2,1H3. The van der Waals surface area contributed by atoms with E-state index in [-0.39, 0.29) is 5.41 Å². The fourth-order valence-electron chi connectivity index (χ4n) is 2.71. The van der Waals surface area contributed by atoms with Gasteiger partial charge in [0.15, 0.2) is 0 Å². The molecule has 1 aliphatic rings. The van der Waals surface area contributed by atoms with E-state index < -0.39 is 11.6 Å². The van der Waals surface area contributed by atoms with E-state index in [2.05, 4.69) is 6.92 Å². The van der Waals surface area contributed by atoms with Crippen LogP contribution < -0.4 is 5.73 Å². The summed E-state index contributed by atoms with van der Waals surface area (Å²) < 4.78 is 26.3. The molecule has 1 fully saturated rings. The maximum Gasteiger partial charge on any atom is 0.126 e. The van der Waals surface area contributed by atoms with Crippen LogP contribution >= 0.6 is 0 Å². The lowest BCUT2D eigenvalue weighted by molar-refractivity contribution is 0.144. The Hall–Kier alpha value is -0.960. The second kappa shape index (κ2) is 4.13. The van der Waals surface area contributed by atoms with Gasteiger partial charge in [0.25, 0.3) is 0 Å². The summed E-state index contributed by atoms with van der Waals surface area (Å²) in [5.41, 5.74) is 6.30. The number of rotatable bonds is 3. The lowest BCUT2D eigenvalue weighted by Crippen LogP contribution is -2.47. The molecule has 0 unspecified atom stereocenters. The summed E-state index contributed by atoms with van der Waals surface area (Å²) in [5, 5.41) is 0. The molecule has 0 bridgehead atoms. The minimum Gasteiger partial charge on any atom is -0.330 e. The van der Waals surface area contributed by atoms with Gasteiger partial charge in [-0.2, -0.15) is 0 Å². The normalized spacial score (nSPS) is 28.9. The SMILES string of the molecule is CCC1CC(CN)(c2cc(F)cc(F)c2)C1. The Bertz CT molecular complexity index is 363. The first-order valence-corrected chi connectivity index (χ1v) is 5.76. The van der Waals surface area contributed by atoms with Gasteiger partial charge in [-0.1, -0.05) is 13.3 Å². The van der Waals surface area contributed by atoms with Crippen LogP contribution in [0.1, 0.15) is 31.7 Å². The Morgan fingerprint density at radius 1 is 1.25 bits per heavy atom. The maximum absolute atomic E-state index is 13.2. The van der Waals surface area contributed by atoms with Gasteiger partial charge < -0.3 is 5.73 Å². The quantitative estimate of drug-likeness (QED) is 0.840. The number of hydrogen-bond acceptors (Lipinski definition) is 1. The van der Waals surface area contributed by atoms with E-state index >= 15 is 0 Å². The van der Waals surface area contributed by atoms with Gasteiger partial charge in [-0.05, 0) is 36.5 Å². The molecule has 3 heteroatoms. The third kappa shape index (κ3) is 1.84. The maximum atomic E-state index is 13.2. The van der Waals surface area contributed by atoms with Crippen LogP contribution in [-0.2, 0) is 5.41 Å². The van der Waals surface area contributed by atoms with Crippen molar-refractivity contribution in [2.24, 2.45) is 11.7 Å². The predicted octanol–water partition coefficient (Wildman–Crippen LogP) is 2.98. The summed E-state index contributed by atoms with van der Waals surface area (Å²) >= 11 is 0. The molecule has 0 heterocycles. The Morgan fingerprint density at radius 3 is 2.25 bits per heavy atom. The average molecular weight is 225 g/mol. The molecule has 1 nitrogen and oxygen atoms in total. The molecule has 1 aromatic carbocycles. The average Bonchev–Trinajstić information content (AvgIpc) is 2.16. The summed E-state index contributed by atoms with van der Waals surface area (Å²) in [5.74, 6) is -0.375. The summed E-state index contributed by atoms with van der Waals surface area (Å²) in [7, 11) is 0. The zero-order valence-electron chi connectivity index (χ0n) is 9.47. The largest absolute Gasteiger partial charge is 0.330 e. The molecule has 1 saturated carbocycles. The molecule has 1 aromatic rings. The Balaban J connectivity index is 2.28. The number of hydrogen-bond donors (Lipinski definition) is 1. The molecule has 0 radical (unpaired) electrons. The van der Waals surface area contributed by atoms with Crippen molar-refractivity contribution < 1.29 is 8.78 Å². The van der Waals surface area contributed by atoms with Crippen molar-refractivity contribution in [1.29, 1.82) is 0 Å². The van der Waals surface area contributed by atoms with Gasteiger partial charge in [0, 0.05) is 18.0 Å². The first-order chi connectivity index (χ1) is 7.59. The van der Waals surface area contributed by atoms with Gasteiger partial charge >= 0.3 is 0 Å². The summed E-state index contributed by atoms with van der Waals surface area (Å²) in [4.78, 5) is 0. The minimum atomic E-state index is -0.511. The molecule has 1 aliphatic carbocycles. The molecule has 88 valence electrons. The lowest BCUT2D eigenvalue weighted by Gasteiger charge is -2.47. The van der Waals surface area contributed by atoms with E-state index in [0.29, 0.717) is 12.5 Å². The number of benzene rings is 1. The molecule has 16 heavy (non-hydrogen) atoms. The van der Waals surface area contributed by atoms with Crippen LogP contribution in [0, 0.1) is 17.6 Å². The minimum absolute atomic E-state index is 0.191. The van der Waals surface area contributed by atoms with E-state index in [9.17, 15) is 8.78 Å². The van der Waals surface area contributed by atoms with E-state index in [1.165, 1.54) is 12.1 Å². The highest BCUT2D eigenvalue weighted by Gasteiger charge is 2.43. The highest BCUT2D eigenvalue weighted by atomic mass is 19.1. The van der Waals surface area contributed by atoms with Crippen molar-refractivity contribution in [1.82, 2.24) is 0 Å². The van der Waals surface area contributed by atoms with Crippen molar-refractivity contribution in [3.63, 3.8) is 0 Å². The topological polar surface area (TPSA) is 26.0 Å². The van der Waals surface area contributed by atoms with E-state index in [4.69, 9.17) is 5.73 Å². The Labute approximate surface area is 94.7 Å². The van der Waals surface area contributed by atoms with Gasteiger partial charge in [0.2, 0.25) is 0 Å². The van der Waals surface area contributed by atoms with Crippen LogP contribution in [0.5, 0.6) is 0 Å². The van der Waals surface area contributed by atoms with Crippen LogP contribution in [0.15, 0.2) is 18.2 Å². The first kappa shape index (κ1) is 11.5. The Kier molecular flexibility index (Phi) is 2.98. The molecule has 0 amide bonds. The van der Waals surface area contributed by atoms with Crippen LogP contribution in [-0.4, -0.2) is 6.54 Å². The smallest absolute Gasteiger partial charge is 0.126 e. The first-order valence-electron chi connectivity index (χ1n) is 5.76. The fraction of sp³-hybridized carbons (Fsp3) is 0.538. The van der Waals surface area contributed by atoms with Crippen LogP contribution in [0.2, 0.25) is 0 Å². The molecule has 0 saturated heterocycles.